The predicted octanol–water partition coefficient (Wildman–Crippen LogP) is 3.55. The first-order valence-corrected chi connectivity index (χ1v) is 7.27. The molecular weight excluding hydrogens is 265 g/mol. The smallest absolute Gasteiger partial charge is 0.124 e. The van der Waals surface area contributed by atoms with Gasteiger partial charge in [-0.3, -0.25) is 0 Å². The standard InChI is InChI=1S/C15H21ClFNO/c1-2-19-14-6-10(7-14)5-13(18)8-11-3-4-12(17)9-15(11)16/h3-4,9-10,13-14H,2,5-8,18H2,1H3. The minimum absolute atomic E-state index is 0.0792. The number of ether oxygens (including phenoxy) is 1. The van der Waals surface area contributed by atoms with Crippen LogP contribution in [0.4, 0.5) is 4.39 Å². The number of halogens is 2. The molecule has 1 aromatic rings. The molecule has 106 valence electrons. The van der Waals surface area contributed by atoms with E-state index in [9.17, 15) is 4.39 Å². The van der Waals surface area contributed by atoms with Crippen molar-refractivity contribution in [2.45, 2.75) is 44.8 Å². The Kier molecular flexibility index (Phi) is 5.20. The van der Waals surface area contributed by atoms with Crippen molar-refractivity contribution >= 4 is 11.6 Å². The van der Waals surface area contributed by atoms with E-state index in [1.807, 2.05) is 6.92 Å². The second-order valence-electron chi connectivity index (χ2n) is 5.35. The van der Waals surface area contributed by atoms with Gasteiger partial charge in [0.05, 0.1) is 6.10 Å². The molecule has 4 heteroatoms. The van der Waals surface area contributed by atoms with E-state index < -0.39 is 0 Å². The maximum atomic E-state index is 12.9. The van der Waals surface area contributed by atoms with Crippen LogP contribution in [0.1, 0.15) is 31.7 Å². The van der Waals surface area contributed by atoms with Gasteiger partial charge in [-0.05, 0) is 56.2 Å². The van der Waals surface area contributed by atoms with Gasteiger partial charge in [0.2, 0.25) is 0 Å². The zero-order valence-electron chi connectivity index (χ0n) is 11.2. The lowest BCUT2D eigenvalue weighted by molar-refractivity contribution is -0.0280. The first kappa shape index (κ1) is 14.8. The van der Waals surface area contributed by atoms with E-state index in [1.165, 1.54) is 12.1 Å². The fraction of sp³-hybridized carbons (Fsp3) is 0.600. The first-order chi connectivity index (χ1) is 9.08. The van der Waals surface area contributed by atoms with Gasteiger partial charge in [-0.1, -0.05) is 17.7 Å². The Morgan fingerprint density at radius 1 is 1.47 bits per heavy atom. The highest BCUT2D eigenvalue weighted by molar-refractivity contribution is 6.31. The highest BCUT2D eigenvalue weighted by Gasteiger charge is 2.30. The molecule has 0 heterocycles. The van der Waals surface area contributed by atoms with E-state index in [0.29, 0.717) is 23.5 Å². The van der Waals surface area contributed by atoms with E-state index >= 15 is 0 Å². The molecule has 1 atom stereocenters. The molecule has 0 amide bonds. The third-order valence-electron chi connectivity index (χ3n) is 3.73. The van der Waals surface area contributed by atoms with Crippen LogP contribution in [-0.2, 0) is 11.2 Å². The van der Waals surface area contributed by atoms with Crippen molar-refractivity contribution in [3.05, 3.63) is 34.6 Å². The summed E-state index contributed by atoms with van der Waals surface area (Å²) in [7, 11) is 0. The summed E-state index contributed by atoms with van der Waals surface area (Å²) in [6, 6.07) is 4.58. The zero-order chi connectivity index (χ0) is 13.8. The van der Waals surface area contributed by atoms with Gasteiger partial charge in [0.25, 0.3) is 0 Å². The van der Waals surface area contributed by atoms with Gasteiger partial charge >= 0.3 is 0 Å². The summed E-state index contributed by atoms with van der Waals surface area (Å²) in [5.41, 5.74) is 7.08. The molecule has 1 aromatic carbocycles. The SMILES string of the molecule is CCOC1CC(CC(N)Cc2ccc(F)cc2Cl)C1. The maximum Gasteiger partial charge on any atom is 0.124 e. The minimum Gasteiger partial charge on any atom is -0.378 e. The van der Waals surface area contributed by atoms with Crippen molar-refractivity contribution in [1.29, 1.82) is 0 Å². The van der Waals surface area contributed by atoms with E-state index in [-0.39, 0.29) is 11.9 Å². The Bertz CT molecular complexity index is 421. The molecule has 1 unspecified atom stereocenters. The van der Waals surface area contributed by atoms with Crippen LogP contribution < -0.4 is 5.73 Å². The van der Waals surface area contributed by atoms with Crippen LogP contribution >= 0.6 is 11.6 Å². The molecule has 1 aliphatic carbocycles. The van der Waals surface area contributed by atoms with E-state index in [0.717, 1.165) is 31.4 Å². The van der Waals surface area contributed by atoms with Gasteiger partial charge in [0.15, 0.2) is 0 Å². The molecule has 2 N–H and O–H groups in total. The number of nitrogens with two attached hydrogens (primary N) is 1. The van der Waals surface area contributed by atoms with Crippen LogP contribution in [0, 0.1) is 11.7 Å². The number of hydrogen-bond donors (Lipinski definition) is 1. The van der Waals surface area contributed by atoms with Crippen LogP contribution in [0.2, 0.25) is 5.02 Å². The van der Waals surface area contributed by atoms with Crippen LogP contribution in [0.25, 0.3) is 0 Å². The van der Waals surface area contributed by atoms with Gasteiger partial charge in [0, 0.05) is 17.7 Å². The summed E-state index contributed by atoms with van der Waals surface area (Å²) < 4.78 is 18.5. The summed E-state index contributed by atoms with van der Waals surface area (Å²) >= 11 is 6.01. The molecule has 0 aromatic heterocycles. The maximum absolute atomic E-state index is 12.9. The van der Waals surface area contributed by atoms with Crippen LogP contribution in [0.3, 0.4) is 0 Å². The second-order valence-corrected chi connectivity index (χ2v) is 5.76. The molecule has 1 saturated carbocycles. The van der Waals surface area contributed by atoms with Crippen molar-refractivity contribution in [3.8, 4) is 0 Å². The van der Waals surface area contributed by atoms with Crippen molar-refractivity contribution in [3.63, 3.8) is 0 Å². The predicted molar refractivity (Wildman–Crippen MR) is 75.8 cm³/mol. The number of hydrogen-bond acceptors (Lipinski definition) is 2. The Hall–Kier alpha value is -0.640. The highest BCUT2D eigenvalue weighted by atomic mass is 35.5. The van der Waals surface area contributed by atoms with Crippen molar-refractivity contribution < 1.29 is 9.13 Å². The molecule has 0 spiro atoms. The molecule has 1 aliphatic rings. The lowest BCUT2D eigenvalue weighted by atomic mass is 9.77. The summed E-state index contributed by atoms with van der Waals surface area (Å²) in [6.07, 6.45) is 4.33. The molecule has 2 nitrogen and oxygen atoms in total. The quantitative estimate of drug-likeness (QED) is 0.867. The number of rotatable bonds is 6. The summed E-state index contributed by atoms with van der Waals surface area (Å²) in [4.78, 5) is 0. The van der Waals surface area contributed by atoms with Gasteiger partial charge in [0.1, 0.15) is 5.82 Å². The van der Waals surface area contributed by atoms with Crippen molar-refractivity contribution in [2.24, 2.45) is 11.7 Å². The zero-order valence-corrected chi connectivity index (χ0v) is 12.0. The Labute approximate surface area is 119 Å². The largest absolute Gasteiger partial charge is 0.378 e. The summed E-state index contributed by atoms with van der Waals surface area (Å²) in [5.74, 6) is 0.353. The Morgan fingerprint density at radius 2 is 2.21 bits per heavy atom. The molecule has 0 radical (unpaired) electrons. The van der Waals surface area contributed by atoms with E-state index in [4.69, 9.17) is 22.1 Å². The molecule has 19 heavy (non-hydrogen) atoms. The molecule has 2 rings (SSSR count). The summed E-state index contributed by atoms with van der Waals surface area (Å²) in [6.45, 7) is 2.81. The van der Waals surface area contributed by atoms with E-state index in [2.05, 4.69) is 0 Å². The summed E-state index contributed by atoms with van der Waals surface area (Å²) in [5, 5.41) is 0.469. The third-order valence-corrected chi connectivity index (χ3v) is 4.08. The van der Waals surface area contributed by atoms with Crippen LogP contribution in [0.15, 0.2) is 18.2 Å². The van der Waals surface area contributed by atoms with Crippen LogP contribution in [-0.4, -0.2) is 18.8 Å². The number of benzene rings is 1. The van der Waals surface area contributed by atoms with Gasteiger partial charge in [-0.2, -0.15) is 0 Å². The fourth-order valence-corrected chi connectivity index (χ4v) is 2.96. The van der Waals surface area contributed by atoms with Crippen molar-refractivity contribution in [2.75, 3.05) is 6.61 Å². The Balaban J connectivity index is 1.77. The van der Waals surface area contributed by atoms with Gasteiger partial charge in [-0.25, -0.2) is 4.39 Å². The lowest BCUT2D eigenvalue weighted by Gasteiger charge is -2.36. The molecule has 0 bridgehead atoms. The van der Waals surface area contributed by atoms with Crippen molar-refractivity contribution in [1.82, 2.24) is 0 Å². The molecule has 0 saturated heterocycles. The average Bonchev–Trinajstić information content (AvgIpc) is 2.30. The fourth-order valence-electron chi connectivity index (χ4n) is 2.72. The molecule has 0 aliphatic heterocycles. The van der Waals surface area contributed by atoms with Crippen LogP contribution in [0.5, 0.6) is 0 Å². The Morgan fingerprint density at radius 3 is 2.84 bits per heavy atom. The lowest BCUT2D eigenvalue weighted by Crippen LogP contribution is -2.36. The third kappa shape index (κ3) is 4.16. The van der Waals surface area contributed by atoms with Gasteiger partial charge in [-0.15, -0.1) is 0 Å². The monoisotopic (exact) mass is 285 g/mol. The highest BCUT2D eigenvalue weighted by Crippen LogP contribution is 2.34. The van der Waals surface area contributed by atoms with Gasteiger partial charge < -0.3 is 10.5 Å². The van der Waals surface area contributed by atoms with E-state index in [1.54, 1.807) is 6.07 Å². The minimum atomic E-state index is -0.305. The normalized spacial score (nSPS) is 24.0. The second kappa shape index (κ2) is 6.69. The topological polar surface area (TPSA) is 35.2 Å². The molecule has 1 fully saturated rings. The average molecular weight is 286 g/mol. The molecular formula is C15H21ClFNO. The first-order valence-electron chi connectivity index (χ1n) is 6.89.